The zero-order valence-corrected chi connectivity index (χ0v) is 14.7. The lowest BCUT2D eigenvalue weighted by molar-refractivity contribution is -0.139. The zero-order chi connectivity index (χ0) is 18.4. The fourth-order valence-corrected chi connectivity index (χ4v) is 2.48. The summed E-state index contributed by atoms with van der Waals surface area (Å²) in [5.74, 6) is -0.707. The summed E-state index contributed by atoms with van der Waals surface area (Å²) < 4.78 is 1.66. The Morgan fingerprint density at radius 3 is 2.52 bits per heavy atom. The first-order valence-corrected chi connectivity index (χ1v) is 8.30. The molecule has 134 valence electrons. The molecule has 2 rings (SSSR count). The van der Waals surface area contributed by atoms with Gasteiger partial charge in [-0.15, -0.1) is 0 Å². The van der Waals surface area contributed by atoms with Gasteiger partial charge in [-0.1, -0.05) is 31.0 Å². The number of aliphatic carboxylic acids is 1. The molecular weight excluding hydrogens is 320 g/mol. The van der Waals surface area contributed by atoms with Gasteiger partial charge in [-0.25, -0.2) is 4.68 Å². The second kappa shape index (κ2) is 8.43. The molecule has 1 amide bonds. The van der Waals surface area contributed by atoms with Gasteiger partial charge in [0.15, 0.2) is 0 Å². The molecule has 3 N–H and O–H groups in total. The van der Waals surface area contributed by atoms with Gasteiger partial charge in [-0.2, -0.15) is 5.10 Å². The molecule has 1 heterocycles. The van der Waals surface area contributed by atoms with Gasteiger partial charge in [0.05, 0.1) is 17.9 Å². The van der Waals surface area contributed by atoms with Crippen LogP contribution in [0.25, 0.3) is 5.69 Å². The van der Waals surface area contributed by atoms with Crippen molar-refractivity contribution in [1.29, 1.82) is 0 Å². The molecule has 0 aliphatic heterocycles. The number of nitrogens with one attached hydrogen (secondary N) is 2. The summed E-state index contributed by atoms with van der Waals surface area (Å²) in [4.78, 5) is 23.3. The smallest absolute Gasteiger partial charge is 0.320 e. The van der Waals surface area contributed by atoms with Gasteiger partial charge in [0.1, 0.15) is 11.9 Å². The Balaban J connectivity index is 2.06. The standard InChI is InChI=1S/C18H24N4O3/c1-4-5-15(18(24)25)19-11-17(23)20-16-10-13(3)21-22(16)14-8-6-12(2)7-9-14/h6-10,15,19H,4-5,11H2,1-3H3,(H,20,23)(H,24,25). The Bertz CT molecular complexity index is 737. The van der Waals surface area contributed by atoms with E-state index in [4.69, 9.17) is 5.11 Å². The van der Waals surface area contributed by atoms with Crippen molar-refractivity contribution in [3.8, 4) is 5.69 Å². The average molecular weight is 344 g/mol. The van der Waals surface area contributed by atoms with Crippen LogP contribution in [-0.2, 0) is 9.59 Å². The summed E-state index contributed by atoms with van der Waals surface area (Å²) in [6.45, 7) is 5.68. The van der Waals surface area contributed by atoms with E-state index in [0.29, 0.717) is 12.2 Å². The van der Waals surface area contributed by atoms with Crippen molar-refractivity contribution in [2.45, 2.75) is 39.7 Å². The number of nitrogens with zero attached hydrogens (tertiary/aromatic N) is 2. The van der Waals surface area contributed by atoms with Gasteiger partial charge >= 0.3 is 5.97 Å². The van der Waals surface area contributed by atoms with Gasteiger partial charge in [0, 0.05) is 6.07 Å². The maximum atomic E-state index is 12.2. The molecule has 25 heavy (non-hydrogen) atoms. The molecule has 1 aromatic carbocycles. The predicted octanol–water partition coefficient (Wildman–Crippen LogP) is 2.27. The third-order valence-corrected chi connectivity index (χ3v) is 3.76. The van der Waals surface area contributed by atoms with Crippen molar-refractivity contribution >= 4 is 17.7 Å². The second-order valence-electron chi connectivity index (χ2n) is 6.03. The molecule has 0 saturated heterocycles. The maximum absolute atomic E-state index is 12.2. The average Bonchev–Trinajstić information content (AvgIpc) is 2.92. The summed E-state index contributed by atoms with van der Waals surface area (Å²) in [5.41, 5.74) is 2.76. The number of benzene rings is 1. The lowest BCUT2D eigenvalue weighted by Crippen LogP contribution is -2.41. The Morgan fingerprint density at radius 1 is 1.24 bits per heavy atom. The first kappa shape index (κ1) is 18.7. The van der Waals surface area contributed by atoms with Crippen molar-refractivity contribution in [2.24, 2.45) is 0 Å². The third-order valence-electron chi connectivity index (χ3n) is 3.76. The molecule has 0 spiro atoms. The fraction of sp³-hybridized carbons (Fsp3) is 0.389. The summed E-state index contributed by atoms with van der Waals surface area (Å²) >= 11 is 0. The van der Waals surface area contributed by atoms with E-state index >= 15 is 0 Å². The van der Waals surface area contributed by atoms with E-state index in [0.717, 1.165) is 23.4 Å². The minimum atomic E-state index is -0.949. The molecular formula is C18H24N4O3. The van der Waals surface area contributed by atoms with Gasteiger partial charge in [0.2, 0.25) is 5.91 Å². The predicted molar refractivity (Wildman–Crippen MR) is 96.0 cm³/mol. The molecule has 7 heteroatoms. The minimum Gasteiger partial charge on any atom is -0.480 e. The lowest BCUT2D eigenvalue weighted by atomic mass is 10.2. The van der Waals surface area contributed by atoms with Crippen molar-refractivity contribution in [3.05, 3.63) is 41.6 Å². The third kappa shape index (κ3) is 5.15. The van der Waals surface area contributed by atoms with E-state index in [9.17, 15) is 9.59 Å². The van der Waals surface area contributed by atoms with E-state index < -0.39 is 12.0 Å². The van der Waals surface area contributed by atoms with Crippen LogP contribution < -0.4 is 10.6 Å². The summed E-state index contributed by atoms with van der Waals surface area (Å²) in [5, 5.41) is 19.1. The second-order valence-corrected chi connectivity index (χ2v) is 6.03. The molecule has 1 unspecified atom stereocenters. The van der Waals surface area contributed by atoms with E-state index in [-0.39, 0.29) is 12.5 Å². The largest absolute Gasteiger partial charge is 0.480 e. The lowest BCUT2D eigenvalue weighted by Gasteiger charge is -2.14. The SMILES string of the molecule is CCCC(NCC(=O)Nc1cc(C)nn1-c1ccc(C)cc1)C(=O)O. The molecule has 1 atom stereocenters. The Kier molecular flexibility index (Phi) is 6.30. The first-order chi connectivity index (χ1) is 11.9. The number of aromatic nitrogens is 2. The number of anilines is 1. The highest BCUT2D eigenvalue weighted by atomic mass is 16.4. The quantitative estimate of drug-likeness (QED) is 0.683. The Labute approximate surface area is 147 Å². The number of rotatable bonds is 8. The van der Waals surface area contributed by atoms with Crippen LogP contribution in [0.2, 0.25) is 0 Å². The van der Waals surface area contributed by atoms with Gasteiger partial charge in [-0.3, -0.25) is 14.9 Å². The molecule has 2 aromatic rings. The van der Waals surface area contributed by atoms with E-state index in [1.165, 1.54) is 0 Å². The van der Waals surface area contributed by atoms with Crippen molar-refractivity contribution in [1.82, 2.24) is 15.1 Å². The van der Waals surface area contributed by atoms with Crippen molar-refractivity contribution in [3.63, 3.8) is 0 Å². The fourth-order valence-electron chi connectivity index (χ4n) is 2.48. The highest BCUT2D eigenvalue weighted by molar-refractivity contribution is 5.92. The zero-order valence-electron chi connectivity index (χ0n) is 14.7. The maximum Gasteiger partial charge on any atom is 0.320 e. The normalized spacial score (nSPS) is 12.0. The van der Waals surface area contributed by atoms with Gasteiger partial charge < -0.3 is 10.4 Å². The van der Waals surface area contributed by atoms with Crippen LogP contribution in [0.1, 0.15) is 31.0 Å². The number of carbonyl (C=O) groups is 2. The van der Waals surface area contributed by atoms with Crippen LogP contribution in [0.3, 0.4) is 0 Å². The Morgan fingerprint density at radius 2 is 1.92 bits per heavy atom. The Hall–Kier alpha value is -2.67. The molecule has 0 bridgehead atoms. The van der Waals surface area contributed by atoms with Gasteiger partial charge in [-0.05, 0) is 32.4 Å². The molecule has 0 aliphatic rings. The molecule has 7 nitrogen and oxygen atoms in total. The number of carbonyl (C=O) groups excluding carboxylic acids is 1. The monoisotopic (exact) mass is 344 g/mol. The summed E-state index contributed by atoms with van der Waals surface area (Å²) in [7, 11) is 0. The number of amides is 1. The number of carboxylic acid groups (broad SMARTS) is 1. The van der Waals surface area contributed by atoms with Crippen LogP contribution in [0, 0.1) is 13.8 Å². The highest BCUT2D eigenvalue weighted by Gasteiger charge is 2.17. The number of hydrogen-bond acceptors (Lipinski definition) is 4. The van der Waals surface area contributed by atoms with Crippen molar-refractivity contribution in [2.75, 3.05) is 11.9 Å². The van der Waals surface area contributed by atoms with E-state index in [1.54, 1.807) is 10.7 Å². The first-order valence-electron chi connectivity index (χ1n) is 8.30. The van der Waals surface area contributed by atoms with Crippen LogP contribution in [0.4, 0.5) is 5.82 Å². The molecule has 0 aliphatic carbocycles. The molecule has 1 aromatic heterocycles. The van der Waals surface area contributed by atoms with Crippen LogP contribution in [0.15, 0.2) is 30.3 Å². The number of aryl methyl sites for hydroxylation is 2. The molecule has 0 saturated carbocycles. The molecule has 0 radical (unpaired) electrons. The van der Waals surface area contributed by atoms with Gasteiger partial charge in [0.25, 0.3) is 0 Å². The van der Waals surface area contributed by atoms with Crippen LogP contribution in [-0.4, -0.2) is 39.4 Å². The molecule has 0 fully saturated rings. The van der Waals surface area contributed by atoms with Crippen LogP contribution in [0.5, 0.6) is 0 Å². The van der Waals surface area contributed by atoms with E-state index in [1.807, 2.05) is 45.0 Å². The highest BCUT2D eigenvalue weighted by Crippen LogP contribution is 2.17. The number of carboxylic acids is 1. The van der Waals surface area contributed by atoms with Crippen molar-refractivity contribution < 1.29 is 14.7 Å². The van der Waals surface area contributed by atoms with E-state index in [2.05, 4.69) is 15.7 Å². The number of hydrogen-bond donors (Lipinski definition) is 3. The van der Waals surface area contributed by atoms with Crippen LogP contribution >= 0.6 is 0 Å². The topological polar surface area (TPSA) is 96.3 Å². The summed E-state index contributed by atoms with van der Waals surface area (Å²) in [6.07, 6.45) is 1.20. The minimum absolute atomic E-state index is 0.0743. The summed E-state index contributed by atoms with van der Waals surface area (Å²) in [6, 6.07) is 8.86.